The first-order valence-corrected chi connectivity index (χ1v) is 9.46. The molecule has 4 rings (SSSR count). The molecule has 0 spiro atoms. The zero-order valence-electron chi connectivity index (χ0n) is 12.9. The molecule has 0 aliphatic heterocycles. The van der Waals surface area contributed by atoms with E-state index in [0.717, 1.165) is 9.40 Å². The Kier molecular flexibility index (Phi) is 4.54. The van der Waals surface area contributed by atoms with Crippen LogP contribution in [0.5, 0.6) is 10.4 Å². The minimum Gasteiger partial charge on any atom is -0.396 e. The van der Waals surface area contributed by atoms with Crippen LogP contribution in [0.3, 0.4) is 0 Å². The van der Waals surface area contributed by atoms with Gasteiger partial charge in [-0.05, 0) is 24.3 Å². The molecular weight excluding hydrogens is 396 g/mol. The molecule has 2 aromatic carbocycles. The van der Waals surface area contributed by atoms with Gasteiger partial charge in [0.15, 0.2) is 0 Å². The molecule has 0 unspecified atom stereocenters. The zero-order chi connectivity index (χ0) is 18.1. The number of ether oxygens (including phenoxy) is 2. The quantitative estimate of drug-likeness (QED) is 0.290. The summed E-state index contributed by atoms with van der Waals surface area (Å²) in [5, 5.41) is -1.38. The van der Waals surface area contributed by atoms with Crippen LogP contribution < -0.4 is 9.47 Å². The number of hydrogen-bond acceptors (Lipinski definition) is 8. The fourth-order valence-corrected chi connectivity index (χ4v) is 3.89. The molecule has 0 saturated carbocycles. The Labute approximate surface area is 160 Å². The number of halogens is 1. The molecule has 0 fully saturated rings. The molecule has 26 heavy (non-hydrogen) atoms. The highest BCUT2D eigenvalue weighted by Crippen LogP contribution is 2.29. The number of hydrogen-bond donors (Lipinski definition) is 0. The number of aromatic nitrogens is 2. The SMILES string of the molecule is O=C(Oc1nc2ccccc2s1)C(Cl)C(=O)Oc1nc2ccccc2s1. The molecule has 2 aromatic heterocycles. The lowest BCUT2D eigenvalue weighted by Gasteiger charge is -2.05. The van der Waals surface area contributed by atoms with E-state index in [1.807, 2.05) is 36.4 Å². The predicted molar refractivity (Wildman–Crippen MR) is 100 cm³/mol. The van der Waals surface area contributed by atoms with E-state index in [4.69, 9.17) is 21.1 Å². The van der Waals surface area contributed by atoms with Gasteiger partial charge in [0.05, 0.1) is 20.4 Å². The van der Waals surface area contributed by atoms with Crippen molar-refractivity contribution in [3.8, 4) is 10.4 Å². The molecule has 4 aromatic rings. The van der Waals surface area contributed by atoms with Crippen molar-refractivity contribution in [2.24, 2.45) is 0 Å². The van der Waals surface area contributed by atoms with Gasteiger partial charge in [-0.1, -0.05) is 58.5 Å². The second-order valence-corrected chi connectivity index (χ2v) is 7.52. The van der Waals surface area contributed by atoms with Crippen LogP contribution in [0.2, 0.25) is 0 Å². The maximum absolute atomic E-state index is 12.1. The average Bonchev–Trinajstić information content (AvgIpc) is 3.23. The molecular formula is C17H9ClN2O4S2. The third-order valence-electron chi connectivity index (χ3n) is 3.34. The van der Waals surface area contributed by atoms with E-state index in [0.29, 0.717) is 11.0 Å². The van der Waals surface area contributed by atoms with Crippen LogP contribution in [0, 0.1) is 0 Å². The topological polar surface area (TPSA) is 78.4 Å². The third-order valence-corrected chi connectivity index (χ3v) is 5.52. The van der Waals surface area contributed by atoms with Crippen molar-refractivity contribution >= 4 is 66.6 Å². The highest BCUT2D eigenvalue weighted by atomic mass is 35.5. The van der Waals surface area contributed by atoms with Gasteiger partial charge in [0, 0.05) is 0 Å². The van der Waals surface area contributed by atoms with E-state index in [9.17, 15) is 9.59 Å². The van der Waals surface area contributed by atoms with Crippen molar-refractivity contribution in [1.29, 1.82) is 0 Å². The van der Waals surface area contributed by atoms with Gasteiger partial charge in [0.2, 0.25) is 5.38 Å². The van der Waals surface area contributed by atoms with Crippen LogP contribution in [0.1, 0.15) is 0 Å². The van der Waals surface area contributed by atoms with Gasteiger partial charge in [-0.2, -0.15) is 0 Å². The summed E-state index contributed by atoms with van der Waals surface area (Å²) in [5.74, 6) is -1.89. The molecule has 0 atom stereocenters. The van der Waals surface area contributed by atoms with Gasteiger partial charge < -0.3 is 9.47 Å². The fraction of sp³-hybridized carbons (Fsp3) is 0.0588. The molecule has 0 saturated heterocycles. The minimum atomic E-state index is -1.62. The number of alkyl halides is 1. The number of rotatable bonds is 4. The Morgan fingerprint density at radius 2 is 1.23 bits per heavy atom. The Hall–Kier alpha value is -2.55. The first kappa shape index (κ1) is 16.9. The summed E-state index contributed by atoms with van der Waals surface area (Å²) in [6, 6.07) is 14.7. The number of fused-ring (bicyclic) bond motifs is 2. The number of carbonyl (C=O) groups is 2. The average molecular weight is 405 g/mol. The largest absolute Gasteiger partial charge is 0.396 e. The summed E-state index contributed by atoms with van der Waals surface area (Å²) in [4.78, 5) is 32.5. The lowest BCUT2D eigenvalue weighted by molar-refractivity contribution is -0.143. The standard InChI is InChI=1S/C17H9ClN2O4S2/c18-13(14(21)23-16-19-9-5-1-3-7-11(9)25-16)15(22)24-17-20-10-6-2-4-8-12(10)26-17/h1-8,13H. The van der Waals surface area contributed by atoms with Gasteiger partial charge >= 0.3 is 11.9 Å². The van der Waals surface area contributed by atoms with E-state index < -0.39 is 17.3 Å². The summed E-state index contributed by atoms with van der Waals surface area (Å²) in [6.07, 6.45) is 0. The molecule has 0 aliphatic rings. The van der Waals surface area contributed by atoms with Crippen molar-refractivity contribution < 1.29 is 19.1 Å². The third kappa shape index (κ3) is 3.39. The number of carbonyl (C=O) groups excluding carboxylic acids is 2. The Balaban J connectivity index is 1.44. The number of esters is 2. The monoisotopic (exact) mass is 404 g/mol. The molecule has 0 N–H and O–H groups in total. The molecule has 0 bridgehead atoms. The first-order valence-electron chi connectivity index (χ1n) is 7.39. The lowest BCUT2D eigenvalue weighted by atomic mass is 10.3. The van der Waals surface area contributed by atoms with Crippen molar-refractivity contribution in [1.82, 2.24) is 9.97 Å². The van der Waals surface area contributed by atoms with E-state index in [2.05, 4.69) is 9.97 Å². The maximum Gasteiger partial charge on any atom is 0.343 e. The second kappa shape index (κ2) is 6.99. The molecule has 0 aliphatic carbocycles. The van der Waals surface area contributed by atoms with E-state index in [1.165, 1.54) is 22.7 Å². The van der Waals surface area contributed by atoms with Gasteiger partial charge in [-0.25, -0.2) is 19.6 Å². The summed E-state index contributed by atoms with van der Waals surface area (Å²) in [5.41, 5.74) is 1.40. The molecule has 6 nitrogen and oxygen atoms in total. The van der Waals surface area contributed by atoms with E-state index in [-0.39, 0.29) is 10.4 Å². The lowest BCUT2D eigenvalue weighted by Crippen LogP contribution is -2.32. The first-order chi connectivity index (χ1) is 12.6. The van der Waals surface area contributed by atoms with Crippen LogP contribution in [-0.4, -0.2) is 27.3 Å². The highest BCUT2D eigenvalue weighted by Gasteiger charge is 2.30. The number of thiazole rings is 2. The highest BCUT2D eigenvalue weighted by molar-refractivity contribution is 7.20. The second-order valence-electron chi connectivity index (χ2n) is 5.10. The number of benzene rings is 2. The van der Waals surface area contributed by atoms with Crippen LogP contribution in [0.25, 0.3) is 20.4 Å². The van der Waals surface area contributed by atoms with Crippen molar-refractivity contribution in [2.45, 2.75) is 5.38 Å². The van der Waals surface area contributed by atoms with Gasteiger partial charge in [0.1, 0.15) is 0 Å². The zero-order valence-corrected chi connectivity index (χ0v) is 15.3. The number of para-hydroxylation sites is 2. The van der Waals surface area contributed by atoms with Crippen LogP contribution in [0.4, 0.5) is 0 Å². The Bertz CT molecular complexity index is 970. The fourth-order valence-electron chi connectivity index (χ4n) is 2.16. The molecule has 9 heteroatoms. The minimum absolute atomic E-state index is 0.120. The van der Waals surface area contributed by atoms with E-state index >= 15 is 0 Å². The normalized spacial score (nSPS) is 11.2. The van der Waals surface area contributed by atoms with Gasteiger partial charge in [0.25, 0.3) is 10.4 Å². The van der Waals surface area contributed by atoms with Crippen LogP contribution in [-0.2, 0) is 9.59 Å². The maximum atomic E-state index is 12.1. The van der Waals surface area contributed by atoms with Crippen molar-refractivity contribution in [3.63, 3.8) is 0 Å². The molecule has 0 radical (unpaired) electrons. The Morgan fingerprint density at radius 1 is 0.808 bits per heavy atom. The summed E-state index contributed by atoms with van der Waals surface area (Å²) in [7, 11) is 0. The van der Waals surface area contributed by atoms with Crippen molar-refractivity contribution in [2.75, 3.05) is 0 Å². The van der Waals surface area contributed by atoms with Gasteiger partial charge in [-0.3, -0.25) is 0 Å². The Morgan fingerprint density at radius 3 is 1.65 bits per heavy atom. The smallest absolute Gasteiger partial charge is 0.343 e. The summed E-state index contributed by atoms with van der Waals surface area (Å²) >= 11 is 8.26. The molecule has 0 amide bonds. The number of nitrogens with zero attached hydrogens (tertiary/aromatic N) is 2. The van der Waals surface area contributed by atoms with Crippen LogP contribution >= 0.6 is 34.3 Å². The molecule has 130 valence electrons. The van der Waals surface area contributed by atoms with Gasteiger partial charge in [-0.15, -0.1) is 0 Å². The van der Waals surface area contributed by atoms with Crippen molar-refractivity contribution in [3.05, 3.63) is 48.5 Å². The predicted octanol–water partition coefficient (Wildman–Crippen LogP) is 4.02. The summed E-state index contributed by atoms with van der Waals surface area (Å²) < 4.78 is 11.9. The van der Waals surface area contributed by atoms with Crippen LogP contribution in [0.15, 0.2) is 48.5 Å². The van der Waals surface area contributed by atoms with E-state index in [1.54, 1.807) is 12.1 Å². The molecule has 2 heterocycles. The summed E-state index contributed by atoms with van der Waals surface area (Å²) in [6.45, 7) is 0.